The summed E-state index contributed by atoms with van der Waals surface area (Å²) in [5.74, 6) is 0.795. The molecule has 1 aromatic carbocycles. The first-order chi connectivity index (χ1) is 10.6. The van der Waals surface area contributed by atoms with Crippen LogP contribution in [0.2, 0.25) is 0 Å². The monoisotopic (exact) mass is 353 g/mol. The average Bonchev–Trinajstić information content (AvgIpc) is 2.42. The summed E-state index contributed by atoms with van der Waals surface area (Å²) >= 11 is 0. The molecule has 1 fully saturated rings. The molecule has 1 saturated carbocycles. The summed E-state index contributed by atoms with van der Waals surface area (Å²) in [4.78, 5) is 0. The van der Waals surface area contributed by atoms with E-state index >= 15 is 0 Å². The number of hydrogen-bond donors (Lipinski definition) is 2. The van der Waals surface area contributed by atoms with Crippen LogP contribution in [0.4, 0.5) is 0 Å². The Hall–Kier alpha value is -0.570. The van der Waals surface area contributed by atoms with Crippen molar-refractivity contribution in [3.63, 3.8) is 0 Å². The molecule has 0 radical (unpaired) electrons. The van der Waals surface area contributed by atoms with Gasteiger partial charge in [-0.3, -0.25) is 0 Å². The van der Waals surface area contributed by atoms with E-state index in [2.05, 4.69) is 71.1 Å². The average molecular weight is 354 g/mol. The van der Waals surface area contributed by atoms with Crippen molar-refractivity contribution >= 4 is 0 Å². The molecule has 3 N–H and O–H groups in total. The molecule has 1 aromatic rings. The van der Waals surface area contributed by atoms with Crippen LogP contribution >= 0.6 is 0 Å². The lowest BCUT2D eigenvalue weighted by Crippen LogP contribution is -3.00. The van der Waals surface area contributed by atoms with Gasteiger partial charge in [0.1, 0.15) is 12.6 Å². The Kier molecular flexibility index (Phi) is 7.34. The predicted molar refractivity (Wildman–Crippen MR) is 97.5 cm³/mol. The Bertz CT molecular complexity index is 504. The van der Waals surface area contributed by atoms with Crippen molar-refractivity contribution in [2.75, 3.05) is 6.54 Å². The zero-order chi connectivity index (χ0) is 17.3. The SMILES string of the molecule is CC1CC([NH2+]CC(O)c2ccc(C(C)(C)C)cc2)CC(C)(C)C1.[Cl-]. The summed E-state index contributed by atoms with van der Waals surface area (Å²) in [5, 5.41) is 12.9. The van der Waals surface area contributed by atoms with E-state index < -0.39 is 0 Å². The van der Waals surface area contributed by atoms with E-state index in [1.807, 2.05) is 0 Å². The second-order valence-electron chi connectivity index (χ2n) is 9.53. The molecule has 0 spiro atoms. The van der Waals surface area contributed by atoms with E-state index in [0.717, 1.165) is 18.0 Å². The first kappa shape index (κ1) is 21.5. The van der Waals surface area contributed by atoms with Crippen LogP contribution in [-0.4, -0.2) is 17.7 Å². The highest BCUT2D eigenvalue weighted by molar-refractivity contribution is 5.28. The predicted octanol–water partition coefficient (Wildman–Crippen LogP) is 0.800. The molecule has 0 amide bonds. The van der Waals surface area contributed by atoms with Crippen LogP contribution < -0.4 is 17.7 Å². The highest BCUT2D eigenvalue weighted by Crippen LogP contribution is 2.37. The lowest BCUT2D eigenvalue weighted by molar-refractivity contribution is -0.700. The minimum absolute atomic E-state index is 0. The van der Waals surface area contributed by atoms with Crippen LogP contribution in [-0.2, 0) is 5.41 Å². The topological polar surface area (TPSA) is 36.8 Å². The third-order valence-electron chi connectivity index (χ3n) is 5.28. The molecule has 3 atom stereocenters. The molecule has 2 rings (SSSR count). The number of halogens is 1. The summed E-state index contributed by atoms with van der Waals surface area (Å²) in [7, 11) is 0. The smallest absolute Gasteiger partial charge is 0.128 e. The molecule has 0 bridgehead atoms. The van der Waals surface area contributed by atoms with Gasteiger partial charge in [0, 0.05) is 12.8 Å². The fourth-order valence-corrected chi connectivity index (χ4v) is 4.26. The van der Waals surface area contributed by atoms with Gasteiger partial charge in [0.25, 0.3) is 0 Å². The summed E-state index contributed by atoms with van der Waals surface area (Å²) in [6.07, 6.45) is 3.49. The van der Waals surface area contributed by atoms with Crippen molar-refractivity contribution in [1.82, 2.24) is 0 Å². The highest BCUT2D eigenvalue weighted by atomic mass is 35.5. The third-order valence-corrected chi connectivity index (χ3v) is 5.28. The van der Waals surface area contributed by atoms with Crippen molar-refractivity contribution in [3.05, 3.63) is 35.4 Å². The molecule has 24 heavy (non-hydrogen) atoms. The van der Waals surface area contributed by atoms with Gasteiger partial charge >= 0.3 is 0 Å². The molecule has 138 valence electrons. The minimum Gasteiger partial charge on any atom is -1.00 e. The summed E-state index contributed by atoms with van der Waals surface area (Å²) in [5.41, 5.74) is 2.97. The number of aliphatic hydroxyl groups is 1. The minimum atomic E-state index is -0.371. The second kappa shape index (κ2) is 8.21. The van der Waals surface area contributed by atoms with Crippen molar-refractivity contribution in [2.45, 2.75) is 78.4 Å². The number of quaternary nitrogens is 1. The first-order valence-corrected chi connectivity index (χ1v) is 9.19. The molecule has 0 aliphatic heterocycles. The van der Waals surface area contributed by atoms with Crippen LogP contribution in [0.25, 0.3) is 0 Å². The van der Waals surface area contributed by atoms with E-state index in [4.69, 9.17) is 0 Å². The molecule has 2 nitrogen and oxygen atoms in total. The molecule has 1 aliphatic rings. The van der Waals surface area contributed by atoms with Crippen LogP contribution in [0, 0.1) is 11.3 Å². The number of nitrogens with two attached hydrogens (primary N) is 1. The van der Waals surface area contributed by atoms with Crippen LogP contribution in [0.3, 0.4) is 0 Å². The number of hydrogen-bond acceptors (Lipinski definition) is 1. The normalized spacial score (nSPS) is 25.0. The van der Waals surface area contributed by atoms with Gasteiger partial charge in [-0.05, 0) is 34.3 Å². The van der Waals surface area contributed by atoms with Gasteiger partial charge in [0.05, 0.1) is 6.04 Å². The quantitative estimate of drug-likeness (QED) is 0.825. The molecule has 3 heteroatoms. The van der Waals surface area contributed by atoms with Crippen molar-refractivity contribution < 1.29 is 22.8 Å². The first-order valence-electron chi connectivity index (χ1n) is 9.19. The maximum atomic E-state index is 10.5. The largest absolute Gasteiger partial charge is 1.00 e. The van der Waals surface area contributed by atoms with Gasteiger partial charge in [-0.1, -0.05) is 65.8 Å². The van der Waals surface area contributed by atoms with Crippen LogP contribution in [0.1, 0.15) is 78.0 Å². The Morgan fingerprint density at radius 1 is 1.17 bits per heavy atom. The van der Waals surface area contributed by atoms with E-state index in [9.17, 15) is 5.11 Å². The fourth-order valence-electron chi connectivity index (χ4n) is 4.26. The zero-order valence-electron chi connectivity index (χ0n) is 16.3. The van der Waals surface area contributed by atoms with Crippen LogP contribution in [0.15, 0.2) is 24.3 Å². The molecular formula is C21H36ClNO. The Labute approximate surface area is 154 Å². The Morgan fingerprint density at radius 2 is 1.75 bits per heavy atom. The van der Waals surface area contributed by atoms with Gasteiger partial charge in [0.15, 0.2) is 0 Å². The van der Waals surface area contributed by atoms with Crippen molar-refractivity contribution in [2.24, 2.45) is 11.3 Å². The Balaban J connectivity index is 0.00000288. The zero-order valence-corrected chi connectivity index (χ0v) is 17.0. The maximum absolute atomic E-state index is 10.5. The maximum Gasteiger partial charge on any atom is 0.128 e. The summed E-state index contributed by atoms with van der Waals surface area (Å²) in [6, 6.07) is 9.14. The van der Waals surface area contributed by atoms with Gasteiger partial charge < -0.3 is 22.8 Å². The van der Waals surface area contributed by atoms with E-state index in [0.29, 0.717) is 11.5 Å². The number of rotatable bonds is 4. The Morgan fingerprint density at radius 3 is 2.25 bits per heavy atom. The van der Waals surface area contributed by atoms with Crippen molar-refractivity contribution in [1.29, 1.82) is 0 Å². The molecule has 0 aromatic heterocycles. The molecule has 0 saturated heterocycles. The third kappa shape index (κ3) is 6.06. The van der Waals surface area contributed by atoms with Gasteiger partial charge in [-0.2, -0.15) is 0 Å². The lowest BCUT2D eigenvalue weighted by Gasteiger charge is -2.37. The number of benzene rings is 1. The molecule has 1 aliphatic carbocycles. The molecule has 0 heterocycles. The fraction of sp³-hybridized carbons (Fsp3) is 0.714. The summed E-state index contributed by atoms with van der Waals surface area (Å²) < 4.78 is 0. The number of aliphatic hydroxyl groups excluding tert-OH is 1. The van der Waals surface area contributed by atoms with E-state index in [-0.39, 0.29) is 23.9 Å². The van der Waals surface area contributed by atoms with Gasteiger partial charge in [0.2, 0.25) is 0 Å². The van der Waals surface area contributed by atoms with Crippen molar-refractivity contribution in [3.8, 4) is 0 Å². The van der Waals surface area contributed by atoms with Gasteiger partial charge in [-0.15, -0.1) is 0 Å². The molecular weight excluding hydrogens is 318 g/mol. The second-order valence-corrected chi connectivity index (χ2v) is 9.53. The lowest BCUT2D eigenvalue weighted by atomic mass is 9.70. The van der Waals surface area contributed by atoms with Gasteiger partial charge in [-0.25, -0.2) is 0 Å². The molecule has 3 unspecified atom stereocenters. The highest BCUT2D eigenvalue weighted by Gasteiger charge is 2.34. The van der Waals surface area contributed by atoms with E-state index in [1.165, 1.54) is 24.8 Å². The summed E-state index contributed by atoms with van der Waals surface area (Å²) in [6.45, 7) is 14.6. The standard InChI is InChI=1S/C21H35NO.ClH/c1-15-11-18(13-21(5,6)12-15)22-14-19(23)16-7-9-17(10-8-16)20(2,3)4;/h7-10,15,18-19,22-23H,11-14H2,1-6H3;1H. The van der Waals surface area contributed by atoms with E-state index in [1.54, 1.807) is 0 Å². The van der Waals surface area contributed by atoms with Crippen LogP contribution in [0.5, 0.6) is 0 Å².